The predicted octanol–water partition coefficient (Wildman–Crippen LogP) is 1.31. The molecule has 0 bridgehead atoms. The highest BCUT2D eigenvalue weighted by atomic mass is 16.4. The van der Waals surface area contributed by atoms with Gasteiger partial charge in [0.2, 0.25) is 0 Å². The van der Waals surface area contributed by atoms with Gasteiger partial charge < -0.3 is 20.4 Å². The van der Waals surface area contributed by atoms with E-state index >= 15 is 0 Å². The molecule has 0 amide bonds. The maximum atomic E-state index is 11.7. The number of anilines is 1. The first-order valence-corrected chi connectivity index (χ1v) is 6.57. The summed E-state index contributed by atoms with van der Waals surface area (Å²) in [7, 11) is 2.02. The van der Waals surface area contributed by atoms with E-state index in [1.807, 2.05) is 7.05 Å². The minimum Gasteiger partial charge on any atom is -0.508 e. The van der Waals surface area contributed by atoms with Crippen LogP contribution in [0.15, 0.2) is 18.2 Å². The largest absolute Gasteiger partial charge is 0.508 e. The number of phenols is 1. The number of piperidine rings is 1. The van der Waals surface area contributed by atoms with E-state index in [1.54, 1.807) is 18.2 Å². The Hall–Kier alpha value is -1.75. The van der Waals surface area contributed by atoms with Crippen molar-refractivity contribution in [1.29, 1.82) is 0 Å². The van der Waals surface area contributed by atoms with Gasteiger partial charge in [-0.05, 0) is 43.8 Å². The maximum Gasteiger partial charge on any atom is 0.311 e. The molecule has 0 aliphatic carbocycles. The summed E-state index contributed by atoms with van der Waals surface area (Å²) >= 11 is 0. The van der Waals surface area contributed by atoms with Gasteiger partial charge in [-0.1, -0.05) is 0 Å². The van der Waals surface area contributed by atoms with Crippen LogP contribution in [0.2, 0.25) is 0 Å². The smallest absolute Gasteiger partial charge is 0.311 e. The van der Waals surface area contributed by atoms with Crippen LogP contribution in [0, 0.1) is 5.92 Å². The van der Waals surface area contributed by atoms with E-state index < -0.39 is 11.9 Å². The molecule has 102 valence electrons. The van der Waals surface area contributed by atoms with Crippen LogP contribution in [-0.4, -0.2) is 47.3 Å². The van der Waals surface area contributed by atoms with Crippen molar-refractivity contribution in [2.45, 2.75) is 18.4 Å². The Labute approximate surface area is 111 Å². The van der Waals surface area contributed by atoms with E-state index in [-0.39, 0.29) is 17.7 Å². The summed E-state index contributed by atoms with van der Waals surface area (Å²) in [5.74, 6) is -1.19. The fourth-order valence-corrected chi connectivity index (χ4v) is 3.35. The zero-order valence-electron chi connectivity index (χ0n) is 10.8. The molecule has 2 aliphatic heterocycles. The standard InChI is InChI=1S/C14H18N2O3/c1-16-5-4-12-10(7-16)13(14(18)19)9-6-8(17)2-3-11(9)15-12/h2-3,6,10,12-13,15,17H,4-5,7H2,1H3,(H,18,19). The first-order chi connectivity index (χ1) is 9.06. The molecule has 1 fully saturated rings. The van der Waals surface area contributed by atoms with Crippen molar-refractivity contribution in [3.63, 3.8) is 0 Å². The van der Waals surface area contributed by atoms with Crippen LogP contribution >= 0.6 is 0 Å². The lowest BCUT2D eigenvalue weighted by Crippen LogP contribution is -2.51. The van der Waals surface area contributed by atoms with Gasteiger partial charge in [0.1, 0.15) is 5.75 Å². The van der Waals surface area contributed by atoms with E-state index in [1.165, 1.54) is 0 Å². The van der Waals surface area contributed by atoms with Crippen LogP contribution < -0.4 is 5.32 Å². The van der Waals surface area contributed by atoms with Crippen LogP contribution in [0.4, 0.5) is 5.69 Å². The fraction of sp³-hybridized carbons (Fsp3) is 0.500. The highest BCUT2D eigenvalue weighted by Gasteiger charge is 2.43. The van der Waals surface area contributed by atoms with Gasteiger partial charge in [0.15, 0.2) is 0 Å². The molecular weight excluding hydrogens is 244 g/mol. The summed E-state index contributed by atoms with van der Waals surface area (Å²) in [4.78, 5) is 13.8. The SMILES string of the molecule is CN1CCC2Nc3ccc(O)cc3C(C(=O)O)C2C1. The van der Waals surface area contributed by atoms with E-state index in [4.69, 9.17) is 0 Å². The van der Waals surface area contributed by atoms with Gasteiger partial charge in [0.25, 0.3) is 0 Å². The summed E-state index contributed by atoms with van der Waals surface area (Å²) < 4.78 is 0. The molecule has 3 atom stereocenters. The van der Waals surface area contributed by atoms with E-state index in [2.05, 4.69) is 10.2 Å². The number of hydrogen-bond donors (Lipinski definition) is 3. The Morgan fingerprint density at radius 2 is 2.26 bits per heavy atom. The van der Waals surface area contributed by atoms with E-state index in [0.29, 0.717) is 5.56 Å². The summed E-state index contributed by atoms with van der Waals surface area (Å²) in [6.45, 7) is 1.75. The van der Waals surface area contributed by atoms with Crippen molar-refractivity contribution in [1.82, 2.24) is 4.90 Å². The molecule has 1 aromatic carbocycles. The molecule has 0 saturated carbocycles. The molecule has 3 unspecified atom stereocenters. The topological polar surface area (TPSA) is 72.8 Å². The highest BCUT2D eigenvalue weighted by Crippen LogP contribution is 2.42. The second kappa shape index (κ2) is 4.42. The molecule has 0 aromatic heterocycles. The molecule has 5 nitrogen and oxygen atoms in total. The normalized spacial score (nSPS) is 30.1. The number of carbonyl (C=O) groups is 1. The van der Waals surface area contributed by atoms with Gasteiger partial charge in [0, 0.05) is 24.2 Å². The van der Waals surface area contributed by atoms with Crippen molar-refractivity contribution < 1.29 is 15.0 Å². The minimum absolute atomic E-state index is 0.0468. The Morgan fingerprint density at radius 3 is 3.00 bits per heavy atom. The third-order valence-corrected chi connectivity index (χ3v) is 4.27. The van der Waals surface area contributed by atoms with Crippen molar-refractivity contribution in [3.8, 4) is 5.75 Å². The molecule has 0 spiro atoms. The van der Waals surface area contributed by atoms with Crippen molar-refractivity contribution in [2.24, 2.45) is 5.92 Å². The number of fused-ring (bicyclic) bond motifs is 2. The van der Waals surface area contributed by atoms with Gasteiger partial charge in [0.05, 0.1) is 5.92 Å². The molecule has 5 heteroatoms. The number of benzene rings is 1. The van der Waals surface area contributed by atoms with Crippen LogP contribution in [0.25, 0.3) is 0 Å². The average molecular weight is 262 g/mol. The average Bonchev–Trinajstić information content (AvgIpc) is 2.35. The number of hydrogen-bond acceptors (Lipinski definition) is 4. The lowest BCUT2D eigenvalue weighted by molar-refractivity contribution is -0.141. The molecular formula is C14H18N2O3. The summed E-state index contributed by atoms with van der Waals surface area (Å²) in [5.41, 5.74) is 1.54. The molecule has 1 saturated heterocycles. The van der Waals surface area contributed by atoms with Crippen LogP contribution in [0.5, 0.6) is 5.75 Å². The zero-order chi connectivity index (χ0) is 13.6. The van der Waals surface area contributed by atoms with Gasteiger partial charge in [-0.3, -0.25) is 4.79 Å². The number of phenolic OH excluding ortho intramolecular Hbond substituents is 1. The summed E-state index contributed by atoms with van der Waals surface area (Å²) in [6, 6.07) is 5.15. The number of aromatic hydroxyl groups is 1. The zero-order valence-corrected chi connectivity index (χ0v) is 10.8. The third-order valence-electron chi connectivity index (χ3n) is 4.27. The lowest BCUT2D eigenvalue weighted by atomic mass is 9.74. The number of likely N-dealkylation sites (tertiary alicyclic amines) is 1. The number of carboxylic acid groups (broad SMARTS) is 1. The molecule has 3 N–H and O–H groups in total. The van der Waals surface area contributed by atoms with E-state index in [9.17, 15) is 15.0 Å². The maximum absolute atomic E-state index is 11.7. The second-order valence-electron chi connectivity index (χ2n) is 5.55. The molecule has 1 aromatic rings. The number of nitrogens with one attached hydrogen (secondary N) is 1. The van der Waals surface area contributed by atoms with Gasteiger partial charge in [-0.15, -0.1) is 0 Å². The molecule has 19 heavy (non-hydrogen) atoms. The van der Waals surface area contributed by atoms with Crippen LogP contribution in [0.1, 0.15) is 17.9 Å². The van der Waals surface area contributed by atoms with Gasteiger partial charge in [-0.2, -0.15) is 0 Å². The Morgan fingerprint density at radius 1 is 1.47 bits per heavy atom. The second-order valence-corrected chi connectivity index (χ2v) is 5.55. The van der Waals surface area contributed by atoms with Gasteiger partial charge >= 0.3 is 5.97 Å². The number of carboxylic acids is 1. The predicted molar refractivity (Wildman–Crippen MR) is 71.5 cm³/mol. The lowest BCUT2D eigenvalue weighted by Gasteiger charge is -2.44. The summed E-state index contributed by atoms with van der Waals surface area (Å²) in [5, 5.41) is 22.6. The first-order valence-electron chi connectivity index (χ1n) is 6.57. The van der Waals surface area contributed by atoms with Crippen LogP contribution in [-0.2, 0) is 4.79 Å². The van der Waals surface area contributed by atoms with Gasteiger partial charge in [-0.25, -0.2) is 0 Å². The molecule has 2 aliphatic rings. The fourth-order valence-electron chi connectivity index (χ4n) is 3.35. The summed E-state index contributed by atoms with van der Waals surface area (Å²) in [6.07, 6.45) is 0.950. The molecule has 0 radical (unpaired) electrons. The number of nitrogens with zero attached hydrogens (tertiary/aromatic N) is 1. The van der Waals surface area contributed by atoms with E-state index in [0.717, 1.165) is 25.2 Å². The number of rotatable bonds is 1. The molecule has 3 rings (SSSR count). The third kappa shape index (κ3) is 2.04. The number of aliphatic carboxylic acids is 1. The quantitative estimate of drug-likeness (QED) is 0.665. The van der Waals surface area contributed by atoms with Crippen LogP contribution in [0.3, 0.4) is 0 Å². The minimum atomic E-state index is -0.807. The highest BCUT2D eigenvalue weighted by molar-refractivity contribution is 5.81. The Kier molecular flexibility index (Phi) is 2.86. The van der Waals surface area contributed by atoms with Crippen molar-refractivity contribution in [2.75, 3.05) is 25.5 Å². The Bertz CT molecular complexity index is 517. The van der Waals surface area contributed by atoms with Crippen molar-refractivity contribution >= 4 is 11.7 Å². The first kappa shape index (κ1) is 12.3. The van der Waals surface area contributed by atoms with Crippen molar-refractivity contribution in [3.05, 3.63) is 23.8 Å². The monoisotopic (exact) mass is 262 g/mol. The molecule has 2 heterocycles. The Balaban J connectivity index is 2.05.